The first-order valence-electron chi connectivity index (χ1n) is 8.65. The topological polar surface area (TPSA) is 41.7 Å². The van der Waals surface area contributed by atoms with Gasteiger partial charge in [-0.1, -0.05) is 56.3 Å². The summed E-state index contributed by atoms with van der Waals surface area (Å²) >= 11 is 0. The molecule has 0 spiro atoms. The Bertz CT molecular complexity index is 869. The highest BCUT2D eigenvalue weighted by molar-refractivity contribution is 6.10. The third-order valence-electron chi connectivity index (χ3n) is 5.68. The van der Waals surface area contributed by atoms with Gasteiger partial charge in [-0.05, 0) is 24.0 Å². The zero-order valence-electron chi connectivity index (χ0n) is 14.5. The van der Waals surface area contributed by atoms with Crippen molar-refractivity contribution in [3.8, 4) is 0 Å². The molecule has 0 radical (unpaired) electrons. The van der Waals surface area contributed by atoms with Gasteiger partial charge in [0.15, 0.2) is 5.78 Å². The number of hydrogen-bond acceptors (Lipinski definition) is 2. The molecule has 4 heteroatoms. The number of hydrogen-bond donors (Lipinski definition) is 0. The van der Waals surface area contributed by atoms with E-state index in [0.717, 1.165) is 24.0 Å². The van der Waals surface area contributed by atoms with Gasteiger partial charge >= 0.3 is 0 Å². The van der Waals surface area contributed by atoms with E-state index in [9.17, 15) is 9.59 Å². The molecule has 1 aromatic rings. The van der Waals surface area contributed by atoms with Crippen LogP contribution in [0.4, 0.5) is 0 Å². The van der Waals surface area contributed by atoms with Gasteiger partial charge in [-0.15, -0.1) is 0 Å². The third-order valence-corrected chi connectivity index (χ3v) is 5.68. The van der Waals surface area contributed by atoms with Crippen LogP contribution in [0.5, 0.6) is 0 Å². The predicted octanol–water partition coefficient (Wildman–Crippen LogP) is 3.27. The molecule has 0 bridgehead atoms. The zero-order valence-corrected chi connectivity index (χ0v) is 14.5. The number of nitrogens with zero attached hydrogens (tertiary/aromatic N) is 2. The van der Waals surface area contributed by atoms with E-state index in [0.29, 0.717) is 6.54 Å². The molecule has 4 rings (SSSR count). The van der Waals surface area contributed by atoms with E-state index >= 15 is 0 Å². The first-order valence-corrected chi connectivity index (χ1v) is 8.65. The molecule has 0 unspecified atom stereocenters. The summed E-state index contributed by atoms with van der Waals surface area (Å²) in [6.07, 6.45) is 5.72. The summed E-state index contributed by atoms with van der Waals surface area (Å²) in [7, 11) is 0. The lowest BCUT2D eigenvalue weighted by atomic mass is 9.57. The number of carbonyl (C=O) groups is 2. The fourth-order valence-electron chi connectivity index (χ4n) is 4.22. The molecular formula is C21H20N2O2. The molecule has 0 saturated heterocycles. The maximum atomic E-state index is 13.6. The quantitative estimate of drug-likeness (QED) is 0.616. The summed E-state index contributed by atoms with van der Waals surface area (Å²) in [5.41, 5.74) is -0.198. The average molecular weight is 332 g/mol. The van der Waals surface area contributed by atoms with Gasteiger partial charge in [0.2, 0.25) is 11.6 Å². The Hall–Kier alpha value is -2.67. The van der Waals surface area contributed by atoms with Gasteiger partial charge in [0.1, 0.15) is 5.41 Å². The molecule has 126 valence electrons. The number of rotatable bonds is 2. The van der Waals surface area contributed by atoms with Crippen LogP contribution in [-0.2, 0) is 15.0 Å². The molecule has 1 fully saturated rings. The van der Waals surface area contributed by atoms with Crippen LogP contribution in [0, 0.1) is 12.0 Å². The van der Waals surface area contributed by atoms with Crippen LogP contribution in [0.1, 0.15) is 32.3 Å². The molecule has 0 aromatic heterocycles. The van der Waals surface area contributed by atoms with Crippen LogP contribution in [0.3, 0.4) is 0 Å². The van der Waals surface area contributed by atoms with E-state index in [1.807, 2.05) is 55.2 Å². The molecule has 1 amide bonds. The van der Waals surface area contributed by atoms with Crippen molar-refractivity contribution in [1.29, 1.82) is 0 Å². The predicted molar refractivity (Wildman–Crippen MR) is 94.4 cm³/mol. The minimum Gasteiger partial charge on any atom is -0.335 e. The molecule has 1 heterocycles. The molecule has 2 aliphatic carbocycles. The van der Waals surface area contributed by atoms with Crippen LogP contribution < -0.4 is 0 Å². The third kappa shape index (κ3) is 2.05. The van der Waals surface area contributed by atoms with E-state index in [1.54, 1.807) is 6.08 Å². The van der Waals surface area contributed by atoms with E-state index in [1.165, 1.54) is 0 Å². The summed E-state index contributed by atoms with van der Waals surface area (Å²) in [4.78, 5) is 31.8. The normalized spacial score (nSPS) is 28.0. The Balaban J connectivity index is 2.03. The van der Waals surface area contributed by atoms with Gasteiger partial charge in [0.05, 0.1) is 6.57 Å². The first-order chi connectivity index (χ1) is 11.9. The lowest BCUT2D eigenvalue weighted by molar-refractivity contribution is -0.136. The molecule has 1 aromatic carbocycles. The maximum absolute atomic E-state index is 13.6. The van der Waals surface area contributed by atoms with Crippen LogP contribution in [0.15, 0.2) is 53.8 Å². The largest absolute Gasteiger partial charge is 0.335 e. The fourth-order valence-corrected chi connectivity index (χ4v) is 4.22. The van der Waals surface area contributed by atoms with Crippen LogP contribution >= 0.6 is 0 Å². The lowest BCUT2D eigenvalue weighted by Crippen LogP contribution is -2.57. The summed E-state index contributed by atoms with van der Waals surface area (Å²) in [6, 6.07) is 9.85. The van der Waals surface area contributed by atoms with Gasteiger partial charge in [-0.3, -0.25) is 4.79 Å². The zero-order chi connectivity index (χ0) is 17.8. The lowest BCUT2D eigenvalue weighted by Gasteiger charge is -2.48. The number of Topliss-reactive ketones (excluding diaryl/α,β-unsaturated/α-hetero) is 1. The van der Waals surface area contributed by atoms with Crippen molar-refractivity contribution in [1.82, 2.24) is 4.90 Å². The number of carbonyl (C=O) groups excluding carboxylic acids is 2. The summed E-state index contributed by atoms with van der Waals surface area (Å²) in [5, 5.41) is 0. The molecule has 0 N–H and O–H groups in total. The summed E-state index contributed by atoms with van der Waals surface area (Å²) in [5.74, 6) is -0.201. The average Bonchev–Trinajstić information content (AvgIpc) is 3.45. The minimum atomic E-state index is -1.04. The fraction of sp³-hybridized carbons (Fsp3) is 0.381. The van der Waals surface area contributed by atoms with E-state index in [4.69, 9.17) is 6.57 Å². The highest BCUT2D eigenvalue weighted by atomic mass is 16.2. The molecule has 25 heavy (non-hydrogen) atoms. The van der Waals surface area contributed by atoms with Gasteiger partial charge < -0.3 is 9.69 Å². The number of fused-ring (bicyclic) bond motifs is 1. The molecule has 4 nitrogen and oxygen atoms in total. The minimum absolute atomic E-state index is 0.000394. The van der Waals surface area contributed by atoms with Crippen LogP contribution in [0.25, 0.3) is 4.85 Å². The van der Waals surface area contributed by atoms with Crippen molar-refractivity contribution in [2.75, 3.05) is 6.54 Å². The van der Waals surface area contributed by atoms with Gasteiger partial charge in [0, 0.05) is 18.0 Å². The van der Waals surface area contributed by atoms with Gasteiger partial charge in [0.25, 0.3) is 0 Å². The van der Waals surface area contributed by atoms with Crippen LogP contribution in [-0.4, -0.2) is 29.2 Å². The smallest absolute Gasteiger partial charge is 0.240 e. The number of ketones is 1. The first kappa shape index (κ1) is 15.8. The Kier molecular flexibility index (Phi) is 3.27. The molecule has 1 saturated carbocycles. The number of benzene rings is 1. The standard InChI is InChI=1S/C21H20N2O2/c1-20(2)17-11-12-23(15-9-10-15)19(25)21(17,13-16(22-3)18(20)24)14-7-5-4-6-8-14/h4-8,11,13,15H,9-10,12H2,1-2H3/t21-/m0/s1. The molecular weight excluding hydrogens is 312 g/mol. The maximum Gasteiger partial charge on any atom is 0.240 e. The van der Waals surface area contributed by atoms with E-state index < -0.39 is 10.8 Å². The van der Waals surface area contributed by atoms with Crippen molar-refractivity contribution in [2.45, 2.75) is 38.1 Å². The Morgan fingerprint density at radius 2 is 1.84 bits per heavy atom. The van der Waals surface area contributed by atoms with Crippen molar-refractivity contribution in [3.63, 3.8) is 0 Å². The Morgan fingerprint density at radius 1 is 1.16 bits per heavy atom. The van der Waals surface area contributed by atoms with E-state index in [-0.39, 0.29) is 23.4 Å². The van der Waals surface area contributed by atoms with Gasteiger partial charge in [-0.2, -0.15) is 0 Å². The van der Waals surface area contributed by atoms with Crippen molar-refractivity contribution in [3.05, 3.63) is 70.7 Å². The Labute approximate surface area is 147 Å². The van der Waals surface area contributed by atoms with Crippen LogP contribution in [0.2, 0.25) is 0 Å². The van der Waals surface area contributed by atoms with E-state index in [2.05, 4.69) is 4.85 Å². The highest BCUT2D eigenvalue weighted by Crippen LogP contribution is 2.53. The second-order valence-corrected chi connectivity index (χ2v) is 7.58. The summed E-state index contributed by atoms with van der Waals surface area (Å²) < 4.78 is 0. The number of allylic oxidation sites excluding steroid dienone is 1. The summed E-state index contributed by atoms with van der Waals surface area (Å²) in [6.45, 7) is 11.7. The van der Waals surface area contributed by atoms with Crippen molar-refractivity contribution in [2.24, 2.45) is 5.41 Å². The SMILES string of the molecule is [C-]#[N+]C1=C[C@@]2(c3ccccc3)C(=O)N(C3CC3)CC=C2C(C)(C)C1=O. The highest BCUT2D eigenvalue weighted by Gasteiger charge is 2.57. The van der Waals surface area contributed by atoms with Gasteiger partial charge in [-0.25, -0.2) is 4.85 Å². The molecule has 1 aliphatic heterocycles. The molecule has 3 aliphatic rings. The monoisotopic (exact) mass is 332 g/mol. The van der Waals surface area contributed by atoms with Crippen molar-refractivity contribution >= 4 is 11.7 Å². The second-order valence-electron chi connectivity index (χ2n) is 7.58. The Morgan fingerprint density at radius 3 is 2.44 bits per heavy atom. The second kappa shape index (κ2) is 5.16. The molecule has 1 atom stereocenters. The number of amides is 1. The van der Waals surface area contributed by atoms with Crippen molar-refractivity contribution < 1.29 is 9.59 Å².